The van der Waals surface area contributed by atoms with Crippen LogP contribution in [0.5, 0.6) is 0 Å². The maximum atomic E-state index is 12.9. The van der Waals surface area contributed by atoms with Gasteiger partial charge in [-0.2, -0.15) is 5.06 Å². The molecular formula is C16H13Cl6NO4. The van der Waals surface area contributed by atoms with Gasteiger partial charge in [0.25, 0.3) is 11.8 Å². The molecule has 0 aromatic rings. The van der Waals surface area contributed by atoms with Gasteiger partial charge in [-0.1, -0.05) is 46.4 Å². The zero-order valence-corrected chi connectivity index (χ0v) is 18.4. The van der Waals surface area contributed by atoms with Gasteiger partial charge in [-0.05, 0) is 13.8 Å². The van der Waals surface area contributed by atoms with Crippen LogP contribution in [0.15, 0.2) is 10.1 Å². The van der Waals surface area contributed by atoms with Gasteiger partial charge in [-0.25, -0.2) is 0 Å². The number of rotatable bonds is 2. The lowest BCUT2D eigenvalue weighted by Gasteiger charge is -2.39. The zero-order valence-electron chi connectivity index (χ0n) is 13.9. The Balaban J connectivity index is 1.63. The van der Waals surface area contributed by atoms with Crippen LogP contribution in [0.2, 0.25) is 0 Å². The number of hydroxylamine groups is 2. The summed E-state index contributed by atoms with van der Waals surface area (Å²) in [4.78, 5) is 28.2. The highest BCUT2D eigenvalue weighted by Crippen LogP contribution is 2.81. The van der Waals surface area contributed by atoms with E-state index in [0.29, 0.717) is 0 Å². The molecule has 3 aliphatic heterocycles. The van der Waals surface area contributed by atoms with Gasteiger partial charge in [0.1, 0.15) is 9.75 Å². The predicted octanol–water partition coefficient (Wildman–Crippen LogP) is 3.79. The van der Waals surface area contributed by atoms with Crippen molar-refractivity contribution in [2.45, 2.75) is 46.2 Å². The molecule has 148 valence electrons. The molecule has 0 radical (unpaired) electrons. The molecule has 5 aliphatic rings. The standard InChI is InChI=1S/C16H13Cl6NO4/c1-3(2)27-23-12(24)4-5(13(23)25)9-7-6(8(4)26-9)14(19)10(17)11(18)15(7,20)16(14,21)22/h3-9H,1-2H3/t4-,5+,6-,7-,8+,9+,14-,15-/m0/s1. The summed E-state index contributed by atoms with van der Waals surface area (Å²) in [5, 5.41) is 0.956. The van der Waals surface area contributed by atoms with Gasteiger partial charge in [-0.3, -0.25) is 14.4 Å². The molecule has 0 aromatic carbocycles. The largest absolute Gasteiger partial charge is 0.373 e. The number of hydrogen-bond donors (Lipinski definition) is 0. The van der Waals surface area contributed by atoms with Gasteiger partial charge in [0, 0.05) is 11.8 Å². The summed E-state index contributed by atoms with van der Waals surface area (Å²) in [7, 11) is 0. The van der Waals surface area contributed by atoms with E-state index in [0.717, 1.165) is 5.06 Å². The van der Waals surface area contributed by atoms with Crippen LogP contribution >= 0.6 is 69.6 Å². The Kier molecular flexibility index (Phi) is 3.91. The molecule has 5 rings (SSSR count). The fourth-order valence-electron chi connectivity index (χ4n) is 5.59. The van der Waals surface area contributed by atoms with Crippen LogP contribution in [0, 0.1) is 23.7 Å². The third-order valence-corrected chi connectivity index (χ3v) is 10.7. The summed E-state index contributed by atoms with van der Waals surface area (Å²) in [6.07, 6.45) is -1.76. The number of halogens is 6. The topological polar surface area (TPSA) is 55.8 Å². The number of allylic oxidation sites excluding steroid dienone is 2. The number of ether oxygens (including phenoxy) is 1. The van der Waals surface area contributed by atoms with Crippen molar-refractivity contribution in [1.29, 1.82) is 0 Å². The molecule has 1 saturated carbocycles. The van der Waals surface area contributed by atoms with Gasteiger partial charge >= 0.3 is 0 Å². The number of imide groups is 1. The molecule has 3 heterocycles. The van der Waals surface area contributed by atoms with Crippen molar-refractivity contribution in [1.82, 2.24) is 5.06 Å². The molecule has 4 fully saturated rings. The Bertz CT molecular complexity index is 774. The molecule has 27 heavy (non-hydrogen) atoms. The second-order valence-corrected chi connectivity index (χ2v) is 11.2. The third-order valence-electron chi connectivity index (χ3n) is 6.45. The molecule has 0 spiro atoms. The van der Waals surface area contributed by atoms with E-state index < -0.39 is 61.8 Å². The second kappa shape index (κ2) is 5.42. The SMILES string of the molecule is CC(C)ON1C(=O)[C@@H]2[C@H]3O[C@H]([C@@H]2C1=O)[C@@H]1[C@@H]3[C@]2(Cl)C(Cl)=C(Cl)[C@]1(Cl)C2(Cl)Cl. The first-order valence-corrected chi connectivity index (χ1v) is 10.7. The van der Waals surface area contributed by atoms with Crippen LogP contribution in [0.3, 0.4) is 0 Å². The maximum absolute atomic E-state index is 12.9. The Labute approximate surface area is 185 Å². The number of carbonyl (C=O) groups excluding carboxylic acids is 2. The summed E-state index contributed by atoms with van der Waals surface area (Å²) < 4.78 is 4.33. The minimum atomic E-state index is -1.72. The fourth-order valence-corrected chi connectivity index (χ4v) is 8.65. The van der Waals surface area contributed by atoms with Crippen LogP contribution in [-0.2, 0) is 19.2 Å². The molecule has 0 unspecified atom stereocenters. The van der Waals surface area contributed by atoms with Crippen molar-refractivity contribution in [3.63, 3.8) is 0 Å². The highest BCUT2D eigenvalue weighted by molar-refractivity contribution is 6.65. The lowest BCUT2D eigenvalue weighted by molar-refractivity contribution is -0.202. The van der Waals surface area contributed by atoms with Gasteiger partial charge in [0.15, 0.2) is 4.33 Å². The van der Waals surface area contributed by atoms with Crippen molar-refractivity contribution in [3.05, 3.63) is 10.1 Å². The maximum Gasteiger partial charge on any atom is 0.260 e. The van der Waals surface area contributed by atoms with E-state index in [-0.39, 0.29) is 16.2 Å². The van der Waals surface area contributed by atoms with Crippen LogP contribution in [0.4, 0.5) is 0 Å². The van der Waals surface area contributed by atoms with E-state index in [4.69, 9.17) is 79.2 Å². The van der Waals surface area contributed by atoms with Crippen LogP contribution in [0.25, 0.3) is 0 Å². The molecule has 2 aliphatic carbocycles. The molecule has 0 N–H and O–H groups in total. The second-order valence-electron chi connectivity index (χ2n) is 7.92. The molecule has 5 nitrogen and oxygen atoms in total. The summed E-state index contributed by atoms with van der Waals surface area (Å²) in [6.45, 7) is 3.46. The quantitative estimate of drug-likeness (QED) is 0.432. The van der Waals surface area contributed by atoms with E-state index in [1.54, 1.807) is 13.8 Å². The smallest absolute Gasteiger partial charge is 0.260 e. The van der Waals surface area contributed by atoms with Crippen molar-refractivity contribution < 1.29 is 19.2 Å². The first-order valence-electron chi connectivity index (χ1n) is 8.44. The number of fused-ring (bicyclic) bond motifs is 12. The average molecular weight is 496 g/mol. The van der Waals surface area contributed by atoms with E-state index in [1.807, 2.05) is 0 Å². The zero-order chi connectivity index (χ0) is 19.8. The summed E-state index contributed by atoms with van der Waals surface area (Å²) >= 11 is 39.8. The number of nitrogens with zero attached hydrogens (tertiary/aromatic N) is 1. The lowest BCUT2D eigenvalue weighted by atomic mass is 9.65. The van der Waals surface area contributed by atoms with E-state index in [2.05, 4.69) is 0 Å². The van der Waals surface area contributed by atoms with E-state index >= 15 is 0 Å². The first kappa shape index (κ1) is 19.5. The molecule has 4 bridgehead atoms. The molecule has 8 atom stereocenters. The predicted molar refractivity (Wildman–Crippen MR) is 101 cm³/mol. The molecular weight excluding hydrogens is 483 g/mol. The Hall–Kier alpha value is 0.540. The number of hydrogen-bond acceptors (Lipinski definition) is 4. The van der Waals surface area contributed by atoms with Crippen molar-refractivity contribution >= 4 is 81.4 Å². The van der Waals surface area contributed by atoms with Crippen LogP contribution in [-0.4, -0.2) is 49.3 Å². The lowest BCUT2D eigenvalue weighted by Crippen LogP contribution is -2.50. The molecule has 11 heteroatoms. The fraction of sp³-hybridized carbons (Fsp3) is 0.750. The van der Waals surface area contributed by atoms with Crippen LogP contribution < -0.4 is 0 Å². The summed E-state index contributed by atoms with van der Waals surface area (Å²) in [5.74, 6) is -3.54. The monoisotopic (exact) mass is 493 g/mol. The minimum Gasteiger partial charge on any atom is -0.373 e. The average Bonchev–Trinajstić information content (AvgIpc) is 3.27. The molecule has 0 aromatic heterocycles. The van der Waals surface area contributed by atoms with Crippen molar-refractivity contribution in [2.75, 3.05) is 0 Å². The van der Waals surface area contributed by atoms with Gasteiger partial charge in [-0.15, -0.1) is 23.2 Å². The highest BCUT2D eigenvalue weighted by Gasteiger charge is 2.90. The Morgan fingerprint density at radius 1 is 0.926 bits per heavy atom. The van der Waals surface area contributed by atoms with Crippen molar-refractivity contribution in [3.8, 4) is 0 Å². The Morgan fingerprint density at radius 3 is 1.70 bits per heavy atom. The number of amides is 2. The number of alkyl halides is 4. The molecule has 2 amide bonds. The normalized spacial score (nSPS) is 51.8. The third kappa shape index (κ3) is 1.79. The summed E-state index contributed by atoms with van der Waals surface area (Å²) in [6, 6.07) is 0. The van der Waals surface area contributed by atoms with Crippen molar-refractivity contribution in [2.24, 2.45) is 23.7 Å². The first-order chi connectivity index (χ1) is 12.4. The van der Waals surface area contributed by atoms with Gasteiger partial charge < -0.3 is 4.74 Å². The summed E-state index contributed by atoms with van der Waals surface area (Å²) in [5.41, 5.74) is 0. The Morgan fingerprint density at radius 2 is 1.33 bits per heavy atom. The van der Waals surface area contributed by atoms with Crippen LogP contribution in [0.1, 0.15) is 13.8 Å². The highest BCUT2D eigenvalue weighted by atomic mass is 35.5. The molecule has 3 saturated heterocycles. The van der Waals surface area contributed by atoms with E-state index in [9.17, 15) is 9.59 Å². The van der Waals surface area contributed by atoms with Gasteiger partial charge in [0.2, 0.25) is 0 Å². The minimum absolute atomic E-state index is 0.0619. The van der Waals surface area contributed by atoms with Gasteiger partial charge in [0.05, 0.1) is 40.2 Å². The number of carbonyl (C=O) groups is 2. The van der Waals surface area contributed by atoms with E-state index in [1.165, 1.54) is 0 Å².